The van der Waals surface area contributed by atoms with Crippen molar-refractivity contribution in [2.24, 2.45) is 0 Å². The minimum Gasteiger partial charge on any atom is -0.352 e. The first-order chi connectivity index (χ1) is 12.4. The Labute approximate surface area is 158 Å². The first-order valence-electron chi connectivity index (χ1n) is 8.57. The Morgan fingerprint density at radius 2 is 1.69 bits per heavy atom. The number of rotatable bonds is 5. The van der Waals surface area contributed by atoms with Gasteiger partial charge in [-0.15, -0.1) is 0 Å². The van der Waals surface area contributed by atoms with Gasteiger partial charge in [0.1, 0.15) is 0 Å². The topological polar surface area (TPSA) is 46.9 Å². The predicted molar refractivity (Wildman–Crippen MR) is 105 cm³/mol. The number of amides is 1. The van der Waals surface area contributed by atoms with E-state index in [9.17, 15) is 4.79 Å². The summed E-state index contributed by atoms with van der Waals surface area (Å²) in [5.41, 5.74) is 6.02. The molecule has 0 atom stereocenters. The Balaban J connectivity index is 1.70. The number of hydrogen-bond acceptors (Lipinski definition) is 2. The van der Waals surface area contributed by atoms with Crippen LogP contribution in [0.15, 0.2) is 48.5 Å². The van der Waals surface area contributed by atoms with Crippen LogP contribution >= 0.6 is 11.6 Å². The molecule has 0 fully saturated rings. The predicted octanol–water partition coefficient (Wildman–Crippen LogP) is 4.31. The van der Waals surface area contributed by atoms with E-state index < -0.39 is 0 Å². The molecule has 5 heteroatoms. The van der Waals surface area contributed by atoms with Gasteiger partial charge in [0.25, 0.3) is 0 Å². The number of hydrogen-bond donors (Lipinski definition) is 1. The molecule has 3 rings (SSSR count). The third-order valence-electron chi connectivity index (χ3n) is 4.46. The van der Waals surface area contributed by atoms with Crippen LogP contribution in [-0.2, 0) is 17.8 Å². The number of nitrogens with one attached hydrogen (secondary N) is 1. The van der Waals surface area contributed by atoms with Gasteiger partial charge in [0.2, 0.25) is 5.91 Å². The first kappa shape index (κ1) is 18.2. The summed E-state index contributed by atoms with van der Waals surface area (Å²) in [7, 11) is 0. The second-order valence-electron chi connectivity index (χ2n) is 6.48. The Hall–Kier alpha value is -2.59. The molecule has 0 unspecified atom stereocenters. The van der Waals surface area contributed by atoms with Gasteiger partial charge in [-0.2, -0.15) is 5.10 Å². The van der Waals surface area contributed by atoms with E-state index in [4.69, 9.17) is 11.6 Å². The zero-order valence-electron chi connectivity index (χ0n) is 15.2. The molecule has 0 aliphatic rings. The maximum Gasteiger partial charge on any atom is 0.224 e. The molecule has 0 aliphatic carbocycles. The first-order valence-corrected chi connectivity index (χ1v) is 8.95. The number of halogens is 1. The molecule has 0 saturated heterocycles. The monoisotopic (exact) mass is 367 g/mol. The van der Waals surface area contributed by atoms with Crippen molar-refractivity contribution in [2.45, 2.75) is 33.7 Å². The van der Waals surface area contributed by atoms with Crippen LogP contribution in [-0.4, -0.2) is 15.7 Å². The second kappa shape index (κ2) is 7.75. The zero-order valence-corrected chi connectivity index (χ0v) is 16.0. The molecular formula is C21H22ClN3O. The van der Waals surface area contributed by atoms with E-state index in [1.54, 1.807) is 0 Å². The second-order valence-corrected chi connectivity index (χ2v) is 6.91. The van der Waals surface area contributed by atoms with E-state index in [1.165, 1.54) is 5.56 Å². The van der Waals surface area contributed by atoms with Crippen molar-refractivity contribution in [3.05, 3.63) is 81.6 Å². The van der Waals surface area contributed by atoms with Crippen molar-refractivity contribution in [1.29, 1.82) is 0 Å². The minimum atomic E-state index is -0.00701. The fourth-order valence-electron chi connectivity index (χ4n) is 2.89. The number of carbonyl (C=O) groups excluding carboxylic acids is 1. The third kappa shape index (κ3) is 4.14. The van der Waals surface area contributed by atoms with E-state index in [0.717, 1.165) is 28.2 Å². The van der Waals surface area contributed by atoms with Gasteiger partial charge in [-0.05, 0) is 50.6 Å². The molecule has 0 bridgehead atoms. The standard InChI is InChI=1S/C21H22ClN3O/c1-14-4-6-17(7-5-14)13-23-21(26)12-20-15(2)24-25(16(20)3)19-10-8-18(22)9-11-19/h4-11H,12-13H2,1-3H3,(H,23,26). The summed E-state index contributed by atoms with van der Waals surface area (Å²) >= 11 is 5.96. The lowest BCUT2D eigenvalue weighted by Crippen LogP contribution is -2.25. The molecule has 2 aromatic carbocycles. The van der Waals surface area contributed by atoms with Crippen molar-refractivity contribution >= 4 is 17.5 Å². The summed E-state index contributed by atoms with van der Waals surface area (Å²) in [6.45, 7) is 6.49. The van der Waals surface area contributed by atoms with Crippen LogP contribution in [0.2, 0.25) is 5.02 Å². The summed E-state index contributed by atoms with van der Waals surface area (Å²) in [5.74, 6) is -0.00701. The fourth-order valence-corrected chi connectivity index (χ4v) is 3.02. The van der Waals surface area contributed by atoms with Crippen molar-refractivity contribution in [3.8, 4) is 5.69 Å². The highest BCUT2D eigenvalue weighted by molar-refractivity contribution is 6.30. The number of benzene rings is 2. The maximum atomic E-state index is 12.4. The Morgan fingerprint density at radius 3 is 2.35 bits per heavy atom. The van der Waals surface area contributed by atoms with Crippen LogP contribution in [0.1, 0.15) is 28.1 Å². The van der Waals surface area contributed by atoms with Gasteiger partial charge in [-0.25, -0.2) is 4.68 Å². The fraction of sp³-hybridized carbons (Fsp3) is 0.238. The van der Waals surface area contributed by atoms with E-state index in [0.29, 0.717) is 18.0 Å². The molecule has 1 N–H and O–H groups in total. The minimum absolute atomic E-state index is 0.00701. The van der Waals surface area contributed by atoms with Crippen molar-refractivity contribution < 1.29 is 4.79 Å². The average molecular weight is 368 g/mol. The van der Waals surface area contributed by atoms with Crippen molar-refractivity contribution in [2.75, 3.05) is 0 Å². The molecule has 26 heavy (non-hydrogen) atoms. The van der Waals surface area contributed by atoms with Crippen LogP contribution in [0.5, 0.6) is 0 Å². The summed E-state index contributed by atoms with van der Waals surface area (Å²) in [6, 6.07) is 15.7. The number of aromatic nitrogens is 2. The van der Waals surface area contributed by atoms with Gasteiger partial charge in [0, 0.05) is 22.8 Å². The molecule has 1 aromatic heterocycles. The average Bonchev–Trinajstić information content (AvgIpc) is 2.90. The molecule has 1 amide bonds. The zero-order chi connectivity index (χ0) is 18.7. The molecule has 4 nitrogen and oxygen atoms in total. The molecule has 0 saturated carbocycles. The highest BCUT2D eigenvalue weighted by Crippen LogP contribution is 2.20. The van der Waals surface area contributed by atoms with Crippen molar-refractivity contribution in [3.63, 3.8) is 0 Å². The molecule has 0 spiro atoms. The van der Waals surface area contributed by atoms with Crippen molar-refractivity contribution in [1.82, 2.24) is 15.1 Å². The number of carbonyl (C=O) groups is 1. The Bertz CT molecular complexity index is 912. The van der Waals surface area contributed by atoms with Gasteiger partial charge in [-0.1, -0.05) is 41.4 Å². The Morgan fingerprint density at radius 1 is 1.04 bits per heavy atom. The van der Waals surface area contributed by atoms with E-state index in [-0.39, 0.29) is 5.91 Å². The maximum absolute atomic E-state index is 12.4. The largest absolute Gasteiger partial charge is 0.352 e. The smallest absolute Gasteiger partial charge is 0.224 e. The van der Waals surface area contributed by atoms with Gasteiger partial charge in [0.05, 0.1) is 17.8 Å². The van der Waals surface area contributed by atoms with Crippen LogP contribution in [0.25, 0.3) is 5.69 Å². The quantitative estimate of drug-likeness (QED) is 0.730. The molecular weight excluding hydrogens is 346 g/mol. The highest BCUT2D eigenvalue weighted by Gasteiger charge is 2.15. The summed E-state index contributed by atoms with van der Waals surface area (Å²) < 4.78 is 1.86. The lowest BCUT2D eigenvalue weighted by atomic mass is 10.1. The summed E-state index contributed by atoms with van der Waals surface area (Å²) in [6.07, 6.45) is 0.317. The van der Waals surface area contributed by atoms with Gasteiger partial charge in [-0.3, -0.25) is 4.79 Å². The highest BCUT2D eigenvalue weighted by atomic mass is 35.5. The lowest BCUT2D eigenvalue weighted by molar-refractivity contribution is -0.120. The van der Waals surface area contributed by atoms with Crippen LogP contribution in [0, 0.1) is 20.8 Å². The van der Waals surface area contributed by atoms with Crippen LogP contribution in [0.4, 0.5) is 0 Å². The Kier molecular flexibility index (Phi) is 5.43. The van der Waals surface area contributed by atoms with Gasteiger partial charge in [0.15, 0.2) is 0 Å². The SMILES string of the molecule is Cc1ccc(CNC(=O)Cc2c(C)nn(-c3ccc(Cl)cc3)c2C)cc1. The van der Waals surface area contributed by atoms with Gasteiger partial charge >= 0.3 is 0 Å². The molecule has 134 valence electrons. The van der Waals surface area contributed by atoms with E-state index >= 15 is 0 Å². The number of aryl methyl sites for hydroxylation is 2. The van der Waals surface area contributed by atoms with E-state index in [2.05, 4.69) is 10.4 Å². The van der Waals surface area contributed by atoms with Crippen LogP contribution < -0.4 is 5.32 Å². The lowest BCUT2D eigenvalue weighted by Gasteiger charge is -2.07. The molecule has 1 heterocycles. The summed E-state index contributed by atoms with van der Waals surface area (Å²) in [5, 5.41) is 8.26. The van der Waals surface area contributed by atoms with Gasteiger partial charge < -0.3 is 5.32 Å². The number of nitrogens with zero attached hydrogens (tertiary/aromatic N) is 2. The molecule has 0 radical (unpaired) electrons. The van der Waals surface area contributed by atoms with Crippen LogP contribution in [0.3, 0.4) is 0 Å². The normalized spacial score (nSPS) is 10.8. The molecule has 3 aromatic rings. The van der Waals surface area contributed by atoms with E-state index in [1.807, 2.05) is 74.0 Å². The summed E-state index contributed by atoms with van der Waals surface area (Å²) in [4.78, 5) is 12.4. The molecule has 0 aliphatic heterocycles. The third-order valence-corrected chi connectivity index (χ3v) is 4.71.